The van der Waals surface area contributed by atoms with Crippen molar-refractivity contribution >= 4 is 23.2 Å². The molecule has 1 saturated heterocycles. The van der Waals surface area contributed by atoms with E-state index >= 15 is 0 Å². The lowest BCUT2D eigenvalue weighted by molar-refractivity contribution is -0.140. The number of hydrogen-bond acceptors (Lipinski definition) is 5. The number of nitrogens with one attached hydrogen (secondary N) is 1. The van der Waals surface area contributed by atoms with Crippen molar-refractivity contribution in [1.29, 1.82) is 0 Å². The summed E-state index contributed by atoms with van der Waals surface area (Å²) in [4.78, 5) is 15.7. The van der Waals surface area contributed by atoms with Gasteiger partial charge in [-0.05, 0) is 99.1 Å². The van der Waals surface area contributed by atoms with Crippen molar-refractivity contribution in [2.24, 2.45) is 23.2 Å². The van der Waals surface area contributed by atoms with Crippen LogP contribution in [0.2, 0.25) is 5.02 Å². The SMILES string of the molecule is O=C(Nc1ccccc1OCC(O)CN1CCC(Oc2ccc(Cl)cc2)C1)C12CC3CC(CC(C3)C1)C2. The lowest BCUT2D eigenvalue weighted by Gasteiger charge is -2.55. The highest BCUT2D eigenvalue weighted by molar-refractivity contribution is 6.30. The standard InChI is InChI=1S/C30H37ClN2O4/c31-23-5-7-25(8-6-23)37-26-9-10-33(18-26)17-24(34)19-36-28-4-2-1-3-27(28)32-29(35)30-14-20-11-21(15-30)13-22(12-20)16-30/h1-8,20-22,24,26,34H,9-19H2,(H,32,35). The Morgan fingerprint density at radius 1 is 1.05 bits per heavy atom. The molecule has 2 aromatic rings. The molecular weight excluding hydrogens is 488 g/mol. The Kier molecular flexibility index (Phi) is 7.08. The van der Waals surface area contributed by atoms with Crippen molar-refractivity contribution in [1.82, 2.24) is 4.90 Å². The lowest BCUT2D eigenvalue weighted by Crippen LogP contribution is -2.51. The lowest BCUT2D eigenvalue weighted by atomic mass is 9.49. The normalized spacial score (nSPS) is 31.3. The van der Waals surface area contributed by atoms with Crippen molar-refractivity contribution in [2.75, 3.05) is 31.6 Å². The van der Waals surface area contributed by atoms with E-state index < -0.39 is 6.10 Å². The minimum absolute atomic E-state index is 0.0924. The van der Waals surface area contributed by atoms with Crippen LogP contribution in [0.4, 0.5) is 5.69 Å². The Morgan fingerprint density at radius 2 is 1.73 bits per heavy atom. The Bertz CT molecular complexity index is 1070. The predicted octanol–water partition coefficient (Wildman–Crippen LogP) is 5.39. The summed E-state index contributed by atoms with van der Waals surface area (Å²) < 4.78 is 12.1. The van der Waals surface area contributed by atoms with Crippen LogP contribution in [0.3, 0.4) is 0 Å². The van der Waals surface area contributed by atoms with Crippen molar-refractivity contribution in [2.45, 2.75) is 57.2 Å². The number of ether oxygens (including phenoxy) is 2. The Morgan fingerprint density at radius 3 is 2.43 bits per heavy atom. The smallest absolute Gasteiger partial charge is 0.230 e. The maximum absolute atomic E-state index is 13.5. The molecule has 2 unspecified atom stereocenters. The van der Waals surface area contributed by atoms with E-state index in [4.69, 9.17) is 21.1 Å². The molecule has 7 rings (SSSR count). The first-order valence-electron chi connectivity index (χ1n) is 13.8. The van der Waals surface area contributed by atoms with Gasteiger partial charge >= 0.3 is 0 Å². The van der Waals surface area contributed by atoms with Crippen molar-refractivity contribution < 1.29 is 19.4 Å². The van der Waals surface area contributed by atoms with Crippen LogP contribution in [-0.2, 0) is 4.79 Å². The van der Waals surface area contributed by atoms with Gasteiger partial charge in [0.1, 0.15) is 30.3 Å². The van der Waals surface area contributed by atoms with Crippen LogP contribution >= 0.6 is 11.6 Å². The van der Waals surface area contributed by atoms with Crippen molar-refractivity contribution in [3.05, 3.63) is 53.6 Å². The van der Waals surface area contributed by atoms with E-state index in [1.54, 1.807) is 0 Å². The molecule has 4 saturated carbocycles. The molecule has 4 bridgehead atoms. The van der Waals surface area contributed by atoms with E-state index in [9.17, 15) is 9.90 Å². The van der Waals surface area contributed by atoms with Gasteiger partial charge in [-0.1, -0.05) is 23.7 Å². The number of amides is 1. The maximum atomic E-state index is 13.5. The Hall–Kier alpha value is -2.28. The van der Waals surface area contributed by atoms with Crippen molar-refractivity contribution in [3.63, 3.8) is 0 Å². The molecule has 0 aromatic heterocycles. The van der Waals surface area contributed by atoms with Crippen molar-refractivity contribution in [3.8, 4) is 11.5 Å². The van der Waals surface area contributed by atoms with Crippen LogP contribution < -0.4 is 14.8 Å². The number of anilines is 1. The summed E-state index contributed by atoms with van der Waals surface area (Å²) in [6.45, 7) is 2.32. The number of rotatable bonds is 9. The highest BCUT2D eigenvalue weighted by Crippen LogP contribution is 2.60. The van der Waals surface area contributed by atoms with Gasteiger partial charge < -0.3 is 19.9 Å². The van der Waals surface area contributed by atoms with E-state index in [2.05, 4.69) is 10.2 Å². The predicted molar refractivity (Wildman–Crippen MR) is 144 cm³/mol. The summed E-state index contributed by atoms with van der Waals surface area (Å²) in [5.41, 5.74) is 0.495. The number of para-hydroxylation sites is 2. The molecule has 0 spiro atoms. The second-order valence-corrected chi connectivity index (χ2v) is 12.3. The van der Waals surface area contributed by atoms with Gasteiger partial charge in [0.05, 0.1) is 11.1 Å². The van der Waals surface area contributed by atoms with E-state index in [1.165, 1.54) is 19.3 Å². The minimum Gasteiger partial charge on any atom is -0.489 e. The molecule has 7 heteroatoms. The number of likely N-dealkylation sites (tertiary alicyclic amines) is 1. The first-order valence-corrected chi connectivity index (χ1v) is 14.2. The molecule has 4 aliphatic carbocycles. The van der Waals surface area contributed by atoms with Crippen LogP contribution in [0.5, 0.6) is 11.5 Å². The highest BCUT2D eigenvalue weighted by Gasteiger charge is 2.54. The Balaban J connectivity index is 1.00. The summed E-state index contributed by atoms with van der Waals surface area (Å²) in [7, 11) is 0. The fourth-order valence-corrected chi connectivity index (χ4v) is 7.77. The van der Waals surface area contributed by atoms with Gasteiger partial charge in [-0.15, -0.1) is 0 Å². The quantitative estimate of drug-likeness (QED) is 0.460. The van der Waals surface area contributed by atoms with E-state index in [1.807, 2.05) is 48.5 Å². The number of benzene rings is 2. The molecular formula is C30H37ClN2O4. The first kappa shape index (κ1) is 25.0. The van der Waals surface area contributed by atoms with E-state index in [-0.39, 0.29) is 24.0 Å². The van der Waals surface area contributed by atoms with Crippen LogP contribution in [0, 0.1) is 23.2 Å². The molecule has 5 fully saturated rings. The van der Waals surface area contributed by atoms with Gasteiger partial charge in [-0.25, -0.2) is 0 Å². The zero-order valence-corrected chi connectivity index (χ0v) is 22.0. The fraction of sp³-hybridized carbons (Fsp3) is 0.567. The zero-order valence-electron chi connectivity index (χ0n) is 21.3. The van der Waals surface area contributed by atoms with Gasteiger partial charge in [-0.3, -0.25) is 9.69 Å². The van der Waals surface area contributed by atoms with E-state index in [0.29, 0.717) is 23.0 Å². The number of halogens is 1. The average Bonchev–Trinajstić information content (AvgIpc) is 3.30. The molecule has 6 nitrogen and oxygen atoms in total. The number of nitrogens with zero attached hydrogens (tertiary/aromatic N) is 1. The number of aliphatic hydroxyl groups is 1. The maximum Gasteiger partial charge on any atom is 0.230 e. The van der Waals surface area contributed by atoms with Gasteiger partial charge in [0.15, 0.2) is 0 Å². The fourth-order valence-electron chi connectivity index (χ4n) is 7.64. The second-order valence-electron chi connectivity index (χ2n) is 11.9. The number of β-amino-alcohol motifs (C(OH)–C–C–N with tert-alkyl or cyclic N) is 1. The topological polar surface area (TPSA) is 71.0 Å². The van der Waals surface area contributed by atoms with Crippen LogP contribution in [-0.4, -0.2) is 54.4 Å². The largest absolute Gasteiger partial charge is 0.489 e. The van der Waals surface area contributed by atoms with Gasteiger partial charge in [0.2, 0.25) is 5.91 Å². The molecule has 198 valence electrons. The Labute approximate surface area is 224 Å². The molecule has 37 heavy (non-hydrogen) atoms. The van der Waals surface area contributed by atoms with Crippen LogP contribution in [0.25, 0.3) is 0 Å². The second kappa shape index (κ2) is 10.5. The molecule has 0 radical (unpaired) electrons. The molecule has 1 amide bonds. The zero-order chi connectivity index (χ0) is 25.4. The summed E-state index contributed by atoms with van der Waals surface area (Å²) >= 11 is 5.96. The first-order chi connectivity index (χ1) is 17.9. The third kappa shape index (κ3) is 5.62. The van der Waals surface area contributed by atoms with Gasteiger partial charge in [0.25, 0.3) is 0 Å². The molecule has 2 N–H and O–H groups in total. The molecule has 2 atom stereocenters. The average molecular weight is 525 g/mol. The highest BCUT2D eigenvalue weighted by atomic mass is 35.5. The molecule has 2 aromatic carbocycles. The number of carbonyl (C=O) groups excluding carboxylic acids is 1. The van der Waals surface area contributed by atoms with Gasteiger partial charge in [0, 0.05) is 24.7 Å². The number of aliphatic hydroxyl groups excluding tert-OH is 1. The number of hydrogen-bond donors (Lipinski definition) is 2. The van der Waals surface area contributed by atoms with E-state index in [0.717, 1.165) is 62.3 Å². The van der Waals surface area contributed by atoms with Gasteiger partial charge in [-0.2, -0.15) is 0 Å². The summed E-state index contributed by atoms with van der Waals surface area (Å²) in [6.07, 6.45) is 7.41. The minimum atomic E-state index is -0.638. The number of carbonyl (C=O) groups is 1. The van der Waals surface area contributed by atoms with Crippen LogP contribution in [0.1, 0.15) is 44.9 Å². The summed E-state index contributed by atoms with van der Waals surface area (Å²) in [5.74, 6) is 3.76. The molecule has 5 aliphatic rings. The monoisotopic (exact) mass is 524 g/mol. The third-order valence-corrected chi connectivity index (χ3v) is 9.15. The van der Waals surface area contributed by atoms with Crippen LogP contribution in [0.15, 0.2) is 48.5 Å². The molecule has 1 heterocycles. The summed E-state index contributed by atoms with van der Waals surface area (Å²) in [6, 6.07) is 15.0. The summed E-state index contributed by atoms with van der Waals surface area (Å²) in [5, 5.41) is 14.6. The third-order valence-electron chi connectivity index (χ3n) is 8.90. The molecule has 1 aliphatic heterocycles.